The normalized spacial score (nSPS) is 27.3. The fourth-order valence-corrected chi connectivity index (χ4v) is 8.16. The third-order valence-corrected chi connectivity index (χ3v) is 10.1. The summed E-state index contributed by atoms with van der Waals surface area (Å²) in [6.07, 6.45) is 3.53. The van der Waals surface area contributed by atoms with E-state index in [2.05, 4.69) is 25.1 Å². The van der Waals surface area contributed by atoms with Crippen LogP contribution >= 0.6 is 23.2 Å². The van der Waals surface area contributed by atoms with E-state index >= 15 is 4.39 Å². The van der Waals surface area contributed by atoms with E-state index in [0.29, 0.717) is 60.1 Å². The molecule has 4 aromatic rings. The maximum Gasteiger partial charge on any atom is 0.319 e. The molecular formula is C31H30Cl2F2N6O. The molecule has 0 amide bonds. The van der Waals surface area contributed by atoms with Crippen molar-refractivity contribution in [3.8, 4) is 17.3 Å². The molecule has 11 heteroatoms. The molecule has 0 unspecified atom stereocenters. The Morgan fingerprint density at radius 2 is 1.79 bits per heavy atom. The monoisotopic (exact) mass is 610 g/mol. The topological polar surface area (TPSA) is 66.4 Å². The molecule has 2 aromatic heterocycles. The van der Waals surface area contributed by atoms with Crippen LogP contribution in [0.25, 0.3) is 32.9 Å². The van der Waals surface area contributed by atoms with Crippen LogP contribution < -0.4 is 15.0 Å². The van der Waals surface area contributed by atoms with Crippen LogP contribution in [-0.2, 0) is 0 Å². The van der Waals surface area contributed by atoms with Gasteiger partial charge < -0.3 is 15.0 Å². The SMILES string of the molecule is Fc1c(Cl)nc(-c2cccc3cccc(Cl)c23)c2c(N3C[C@H]4CC[C@@H](C3)N4)nc(OC[C@@]34CCCN3C[C@H](F)C4)nc12. The standard InChI is InChI=1S/C31H30Cl2F2N6O/c32-22-7-2-5-17-4-1-6-21(23(17)22)26-24-27(25(35)28(33)37-26)38-30(39-29(24)40-14-19-8-9-20(15-40)36-19)42-16-31-10-3-11-41(31)13-18(34)12-31/h1-2,4-7,18-20,36H,3,8-16H2/t18-,19-,20+,31+/m1/s1. The summed E-state index contributed by atoms with van der Waals surface area (Å²) in [5.74, 6) is -0.162. The van der Waals surface area contributed by atoms with Crippen LogP contribution in [0.3, 0.4) is 0 Å². The lowest BCUT2D eigenvalue weighted by Crippen LogP contribution is -2.51. The van der Waals surface area contributed by atoms with Crippen molar-refractivity contribution in [3.63, 3.8) is 0 Å². The summed E-state index contributed by atoms with van der Waals surface area (Å²) < 4.78 is 36.6. The summed E-state index contributed by atoms with van der Waals surface area (Å²) in [6.45, 7) is 2.94. The molecule has 42 heavy (non-hydrogen) atoms. The van der Waals surface area contributed by atoms with Crippen molar-refractivity contribution in [2.24, 2.45) is 0 Å². The highest BCUT2D eigenvalue weighted by Crippen LogP contribution is 2.43. The zero-order chi connectivity index (χ0) is 28.6. The van der Waals surface area contributed by atoms with Crippen LogP contribution in [0, 0.1) is 5.82 Å². The summed E-state index contributed by atoms with van der Waals surface area (Å²) in [5.41, 5.74) is 0.863. The van der Waals surface area contributed by atoms with Crippen molar-refractivity contribution in [2.75, 3.05) is 37.7 Å². The molecule has 4 aliphatic rings. The zero-order valence-corrected chi connectivity index (χ0v) is 24.4. The second kappa shape index (κ2) is 10.1. The molecule has 4 fully saturated rings. The Morgan fingerprint density at radius 3 is 2.60 bits per heavy atom. The zero-order valence-electron chi connectivity index (χ0n) is 22.9. The highest BCUT2D eigenvalue weighted by atomic mass is 35.5. The number of rotatable bonds is 5. The van der Waals surface area contributed by atoms with Crippen LogP contribution in [0.15, 0.2) is 36.4 Å². The Labute approximate surface area is 252 Å². The minimum Gasteiger partial charge on any atom is -0.461 e. The Balaban J connectivity index is 1.31. The number of hydrogen-bond donors (Lipinski definition) is 1. The predicted molar refractivity (Wildman–Crippen MR) is 161 cm³/mol. The molecular weight excluding hydrogens is 581 g/mol. The van der Waals surface area contributed by atoms with E-state index in [4.69, 9.17) is 32.9 Å². The number of hydrogen-bond acceptors (Lipinski definition) is 7. The number of ether oxygens (including phenoxy) is 1. The summed E-state index contributed by atoms with van der Waals surface area (Å²) in [6, 6.07) is 12.2. The molecule has 4 atom stereocenters. The number of nitrogens with zero attached hydrogens (tertiary/aromatic N) is 5. The van der Waals surface area contributed by atoms with Gasteiger partial charge in [0, 0.05) is 54.1 Å². The van der Waals surface area contributed by atoms with Gasteiger partial charge in [-0.25, -0.2) is 13.8 Å². The smallest absolute Gasteiger partial charge is 0.319 e. The summed E-state index contributed by atoms with van der Waals surface area (Å²) in [7, 11) is 0. The Morgan fingerprint density at radius 1 is 1.00 bits per heavy atom. The van der Waals surface area contributed by atoms with Crippen molar-refractivity contribution in [1.82, 2.24) is 25.2 Å². The molecule has 6 heterocycles. The van der Waals surface area contributed by atoms with E-state index in [1.807, 2.05) is 36.4 Å². The van der Waals surface area contributed by atoms with Gasteiger partial charge >= 0.3 is 6.01 Å². The number of benzene rings is 2. The van der Waals surface area contributed by atoms with E-state index < -0.39 is 12.0 Å². The number of halogens is 4. The van der Waals surface area contributed by atoms with Crippen molar-refractivity contribution < 1.29 is 13.5 Å². The van der Waals surface area contributed by atoms with Gasteiger partial charge in [0.05, 0.1) is 16.6 Å². The molecule has 1 N–H and O–H groups in total. The quantitative estimate of drug-likeness (QED) is 0.270. The molecule has 4 saturated heterocycles. The minimum absolute atomic E-state index is 0.0514. The third-order valence-electron chi connectivity index (χ3n) is 9.56. The lowest BCUT2D eigenvalue weighted by Gasteiger charge is -2.35. The summed E-state index contributed by atoms with van der Waals surface area (Å²) in [4.78, 5) is 18.5. The van der Waals surface area contributed by atoms with E-state index in [-0.39, 0.29) is 28.8 Å². The van der Waals surface area contributed by atoms with Crippen molar-refractivity contribution in [2.45, 2.75) is 55.9 Å². The highest BCUT2D eigenvalue weighted by Gasteiger charge is 2.49. The van der Waals surface area contributed by atoms with Crippen molar-refractivity contribution in [3.05, 3.63) is 52.4 Å². The van der Waals surface area contributed by atoms with Crippen LogP contribution in [0.5, 0.6) is 6.01 Å². The lowest BCUT2D eigenvalue weighted by atomic mass is 9.95. The fraction of sp³-hybridized carbons (Fsp3) is 0.452. The van der Waals surface area contributed by atoms with Gasteiger partial charge in [0.25, 0.3) is 0 Å². The maximum atomic E-state index is 15.9. The Bertz CT molecular complexity index is 1710. The second-order valence-electron chi connectivity index (χ2n) is 12.2. The lowest BCUT2D eigenvalue weighted by molar-refractivity contribution is 0.107. The maximum absolute atomic E-state index is 15.9. The first-order valence-electron chi connectivity index (χ1n) is 14.7. The van der Waals surface area contributed by atoms with E-state index in [0.717, 1.165) is 48.6 Å². The average Bonchev–Trinajstić information content (AvgIpc) is 3.63. The van der Waals surface area contributed by atoms with Gasteiger partial charge in [-0.2, -0.15) is 9.97 Å². The Hall–Kier alpha value is -2.85. The first kappa shape index (κ1) is 26.8. The Kier molecular flexibility index (Phi) is 6.44. The van der Waals surface area contributed by atoms with Gasteiger partial charge in [-0.15, -0.1) is 0 Å². The number of anilines is 1. The number of fused-ring (bicyclic) bond motifs is 5. The van der Waals surface area contributed by atoms with E-state index in [1.54, 1.807) is 0 Å². The molecule has 218 valence electrons. The highest BCUT2D eigenvalue weighted by molar-refractivity contribution is 6.37. The van der Waals surface area contributed by atoms with E-state index in [1.165, 1.54) is 0 Å². The first-order chi connectivity index (χ1) is 20.4. The molecule has 4 aliphatic heterocycles. The van der Waals surface area contributed by atoms with Gasteiger partial charge in [0.2, 0.25) is 0 Å². The van der Waals surface area contributed by atoms with Crippen LogP contribution in [0.4, 0.5) is 14.6 Å². The van der Waals surface area contributed by atoms with Crippen LogP contribution in [0.2, 0.25) is 10.2 Å². The van der Waals surface area contributed by atoms with Gasteiger partial charge in [0.1, 0.15) is 24.1 Å². The molecule has 0 radical (unpaired) electrons. The molecule has 2 bridgehead atoms. The van der Waals surface area contributed by atoms with Crippen molar-refractivity contribution >= 4 is 50.7 Å². The third kappa shape index (κ3) is 4.31. The summed E-state index contributed by atoms with van der Waals surface area (Å²) >= 11 is 13.2. The van der Waals surface area contributed by atoms with Gasteiger partial charge in [0.15, 0.2) is 11.0 Å². The molecule has 0 spiro atoms. The molecule has 0 aliphatic carbocycles. The van der Waals surface area contributed by atoms with Gasteiger partial charge in [-0.3, -0.25) is 4.90 Å². The van der Waals surface area contributed by atoms with Crippen LogP contribution in [-0.4, -0.2) is 76.4 Å². The predicted octanol–water partition coefficient (Wildman–Crippen LogP) is 6.19. The van der Waals surface area contributed by atoms with Crippen LogP contribution in [0.1, 0.15) is 32.1 Å². The second-order valence-corrected chi connectivity index (χ2v) is 12.9. The first-order valence-corrected chi connectivity index (χ1v) is 15.4. The fourth-order valence-electron chi connectivity index (χ4n) is 7.70. The van der Waals surface area contributed by atoms with Crippen molar-refractivity contribution in [1.29, 1.82) is 0 Å². The molecule has 7 nitrogen and oxygen atoms in total. The summed E-state index contributed by atoms with van der Waals surface area (Å²) in [5, 5.41) is 6.14. The van der Waals surface area contributed by atoms with E-state index in [9.17, 15) is 4.39 Å². The number of alkyl halides is 1. The molecule has 0 saturated carbocycles. The average molecular weight is 612 g/mol. The minimum atomic E-state index is -0.879. The van der Waals surface area contributed by atoms with Gasteiger partial charge in [-0.05, 0) is 43.7 Å². The number of piperazine rings is 1. The molecule has 2 aromatic carbocycles. The number of pyridine rings is 1. The van der Waals surface area contributed by atoms with Gasteiger partial charge in [-0.1, -0.05) is 53.5 Å². The number of aromatic nitrogens is 3. The number of nitrogens with one attached hydrogen (secondary N) is 1. The largest absolute Gasteiger partial charge is 0.461 e. The molecule has 8 rings (SSSR count).